The molecule has 0 bridgehead atoms. The fourth-order valence-electron chi connectivity index (χ4n) is 2.45. The van der Waals surface area contributed by atoms with Gasteiger partial charge in [0.1, 0.15) is 5.82 Å². The first-order valence-corrected chi connectivity index (χ1v) is 7.22. The summed E-state index contributed by atoms with van der Waals surface area (Å²) in [6, 6.07) is 4.59. The van der Waals surface area contributed by atoms with Gasteiger partial charge in [-0.2, -0.15) is 0 Å². The first-order chi connectivity index (χ1) is 10.5. The predicted molar refractivity (Wildman–Crippen MR) is 80.4 cm³/mol. The Balaban J connectivity index is 1.60. The molecule has 1 aliphatic heterocycles. The highest BCUT2D eigenvalue weighted by atomic mass is 35.5. The average molecular weight is 321 g/mol. The number of rotatable bonds is 3. The molecule has 0 atom stereocenters. The number of nitrogens with two attached hydrogens (primary N) is 1. The summed E-state index contributed by atoms with van der Waals surface area (Å²) in [6.07, 6.45) is 2.42. The van der Waals surface area contributed by atoms with Crippen molar-refractivity contribution in [2.24, 2.45) is 0 Å². The van der Waals surface area contributed by atoms with E-state index in [1.165, 1.54) is 12.1 Å². The molecule has 5 nitrogen and oxygen atoms in total. The third-order valence-corrected chi connectivity index (χ3v) is 3.95. The van der Waals surface area contributed by atoms with E-state index < -0.39 is 5.82 Å². The number of carbonyl (C=O) groups excluding carboxylic acids is 1. The summed E-state index contributed by atoms with van der Waals surface area (Å²) < 4.78 is 13.4. The quantitative estimate of drug-likeness (QED) is 0.942. The number of hydrogen-bond acceptors (Lipinski definition) is 4. The van der Waals surface area contributed by atoms with Crippen molar-refractivity contribution in [2.45, 2.75) is 25.9 Å². The third-order valence-electron chi connectivity index (χ3n) is 3.64. The molecule has 0 fully saturated rings. The molecule has 0 radical (unpaired) electrons. The molecule has 1 aromatic heterocycles. The Morgan fingerprint density at radius 1 is 1.41 bits per heavy atom. The standard InChI is InChI=1S/C15H14ClFN4O/c16-11-3-1-9(5-12(11)17)2-4-14(22)21-7-10-6-19-15(18)20-13(10)8-21/h1,3,5-6H,2,4,7-8H2,(H2,18,19,20). The monoisotopic (exact) mass is 320 g/mol. The maximum absolute atomic E-state index is 13.4. The van der Waals surface area contributed by atoms with Crippen molar-refractivity contribution in [3.63, 3.8) is 0 Å². The van der Waals surface area contributed by atoms with Crippen LogP contribution in [0.5, 0.6) is 0 Å². The number of fused-ring (bicyclic) bond motifs is 1. The van der Waals surface area contributed by atoms with E-state index in [0.29, 0.717) is 25.9 Å². The molecule has 114 valence electrons. The van der Waals surface area contributed by atoms with Gasteiger partial charge in [0.15, 0.2) is 0 Å². The van der Waals surface area contributed by atoms with E-state index in [-0.39, 0.29) is 16.9 Å². The topological polar surface area (TPSA) is 72.1 Å². The van der Waals surface area contributed by atoms with Gasteiger partial charge in [-0.15, -0.1) is 0 Å². The van der Waals surface area contributed by atoms with Crippen molar-refractivity contribution in [3.05, 3.63) is 52.1 Å². The molecule has 0 unspecified atom stereocenters. The van der Waals surface area contributed by atoms with Gasteiger partial charge in [0, 0.05) is 24.7 Å². The van der Waals surface area contributed by atoms with E-state index in [2.05, 4.69) is 9.97 Å². The van der Waals surface area contributed by atoms with E-state index in [9.17, 15) is 9.18 Å². The van der Waals surface area contributed by atoms with Crippen LogP contribution in [0, 0.1) is 5.82 Å². The van der Waals surface area contributed by atoms with Gasteiger partial charge < -0.3 is 10.6 Å². The first kappa shape index (κ1) is 14.7. The molecular weight excluding hydrogens is 307 g/mol. The zero-order chi connectivity index (χ0) is 15.7. The molecule has 1 amide bonds. The smallest absolute Gasteiger partial charge is 0.223 e. The van der Waals surface area contributed by atoms with Crippen LogP contribution in [-0.4, -0.2) is 20.8 Å². The van der Waals surface area contributed by atoms with Gasteiger partial charge in [-0.25, -0.2) is 14.4 Å². The van der Waals surface area contributed by atoms with Crippen molar-refractivity contribution in [1.82, 2.24) is 14.9 Å². The second-order valence-electron chi connectivity index (χ2n) is 5.20. The van der Waals surface area contributed by atoms with Gasteiger partial charge in [-0.3, -0.25) is 4.79 Å². The molecule has 22 heavy (non-hydrogen) atoms. The van der Waals surface area contributed by atoms with Gasteiger partial charge in [0.25, 0.3) is 0 Å². The number of amides is 1. The molecule has 0 saturated carbocycles. The Bertz CT molecular complexity index is 737. The van der Waals surface area contributed by atoms with Crippen molar-refractivity contribution in [1.29, 1.82) is 0 Å². The Morgan fingerprint density at radius 2 is 2.23 bits per heavy atom. The fourth-order valence-corrected chi connectivity index (χ4v) is 2.57. The summed E-state index contributed by atoms with van der Waals surface area (Å²) >= 11 is 5.64. The predicted octanol–water partition coefficient (Wildman–Crippen LogP) is 2.33. The maximum Gasteiger partial charge on any atom is 0.223 e. The van der Waals surface area contributed by atoms with Crippen LogP contribution in [0.15, 0.2) is 24.4 Å². The molecule has 1 aliphatic rings. The largest absolute Gasteiger partial charge is 0.368 e. The fraction of sp³-hybridized carbons (Fsp3) is 0.267. The minimum Gasteiger partial charge on any atom is -0.368 e. The van der Waals surface area contributed by atoms with Gasteiger partial charge >= 0.3 is 0 Å². The molecule has 0 saturated heterocycles. The number of hydrogen-bond donors (Lipinski definition) is 1. The number of nitrogen functional groups attached to an aromatic ring is 1. The normalized spacial score (nSPS) is 13.3. The molecule has 2 heterocycles. The number of halogens is 2. The molecule has 0 spiro atoms. The SMILES string of the molecule is Nc1ncc2c(n1)CN(C(=O)CCc1ccc(Cl)c(F)c1)C2. The van der Waals surface area contributed by atoms with Crippen LogP contribution in [0.4, 0.5) is 10.3 Å². The lowest BCUT2D eigenvalue weighted by Gasteiger charge is -2.14. The third kappa shape index (κ3) is 3.01. The summed E-state index contributed by atoms with van der Waals surface area (Å²) in [5.74, 6) is -0.262. The summed E-state index contributed by atoms with van der Waals surface area (Å²) in [5, 5.41) is 0.0845. The molecule has 3 rings (SSSR count). The molecule has 7 heteroatoms. The zero-order valence-corrected chi connectivity index (χ0v) is 12.5. The van der Waals surface area contributed by atoms with E-state index >= 15 is 0 Å². The van der Waals surface area contributed by atoms with Crippen molar-refractivity contribution in [3.8, 4) is 0 Å². The van der Waals surface area contributed by atoms with Crippen LogP contribution in [0.3, 0.4) is 0 Å². The Labute approximate surface area is 131 Å². The highest BCUT2D eigenvalue weighted by molar-refractivity contribution is 6.30. The summed E-state index contributed by atoms with van der Waals surface area (Å²) in [7, 11) is 0. The summed E-state index contributed by atoms with van der Waals surface area (Å²) in [6.45, 7) is 0.930. The van der Waals surface area contributed by atoms with Crippen molar-refractivity contribution < 1.29 is 9.18 Å². The number of carbonyl (C=O) groups is 1. The number of benzene rings is 1. The molecular formula is C15H14ClFN4O. The number of aromatic nitrogens is 2. The van der Waals surface area contributed by atoms with Crippen LogP contribution in [0.1, 0.15) is 23.2 Å². The second kappa shape index (κ2) is 5.88. The summed E-state index contributed by atoms with van der Waals surface area (Å²) in [5.41, 5.74) is 7.99. The lowest BCUT2D eigenvalue weighted by atomic mass is 10.1. The van der Waals surface area contributed by atoms with Gasteiger partial charge in [0.2, 0.25) is 11.9 Å². The Morgan fingerprint density at radius 3 is 3.00 bits per heavy atom. The lowest BCUT2D eigenvalue weighted by molar-refractivity contribution is -0.131. The minimum absolute atomic E-state index is 0.00747. The van der Waals surface area contributed by atoms with Crippen LogP contribution in [0.2, 0.25) is 5.02 Å². The van der Waals surface area contributed by atoms with Crippen LogP contribution >= 0.6 is 11.6 Å². The maximum atomic E-state index is 13.4. The van der Waals surface area contributed by atoms with Crippen LogP contribution in [0.25, 0.3) is 0 Å². The Kier molecular flexibility index (Phi) is 3.94. The zero-order valence-electron chi connectivity index (χ0n) is 11.7. The van der Waals surface area contributed by atoms with E-state index in [1.807, 2.05) is 0 Å². The van der Waals surface area contributed by atoms with Crippen molar-refractivity contribution in [2.75, 3.05) is 5.73 Å². The summed E-state index contributed by atoms with van der Waals surface area (Å²) in [4.78, 5) is 22.0. The second-order valence-corrected chi connectivity index (χ2v) is 5.61. The molecule has 2 aromatic rings. The average Bonchev–Trinajstić information content (AvgIpc) is 2.91. The van der Waals surface area contributed by atoms with Crippen molar-refractivity contribution >= 4 is 23.5 Å². The Hall–Kier alpha value is -2.21. The highest BCUT2D eigenvalue weighted by Gasteiger charge is 2.24. The highest BCUT2D eigenvalue weighted by Crippen LogP contribution is 2.22. The van der Waals surface area contributed by atoms with Gasteiger partial charge in [0.05, 0.1) is 17.3 Å². The van der Waals surface area contributed by atoms with Crippen LogP contribution < -0.4 is 5.73 Å². The lowest BCUT2D eigenvalue weighted by Crippen LogP contribution is -2.25. The first-order valence-electron chi connectivity index (χ1n) is 6.85. The number of nitrogens with zero attached hydrogens (tertiary/aromatic N) is 3. The number of aryl methyl sites for hydroxylation is 1. The van der Waals surface area contributed by atoms with E-state index in [4.69, 9.17) is 17.3 Å². The molecule has 1 aromatic carbocycles. The molecule has 2 N–H and O–H groups in total. The van der Waals surface area contributed by atoms with Crippen LogP contribution in [-0.2, 0) is 24.3 Å². The number of anilines is 1. The van der Waals surface area contributed by atoms with E-state index in [1.54, 1.807) is 17.2 Å². The molecule has 0 aliphatic carbocycles. The van der Waals surface area contributed by atoms with Gasteiger partial charge in [-0.05, 0) is 24.1 Å². The van der Waals surface area contributed by atoms with E-state index in [0.717, 1.165) is 16.8 Å². The minimum atomic E-state index is -0.467. The van der Waals surface area contributed by atoms with Gasteiger partial charge in [-0.1, -0.05) is 17.7 Å².